The first-order chi connectivity index (χ1) is 10.8. The van der Waals surface area contributed by atoms with Crippen molar-refractivity contribution in [2.24, 2.45) is 0 Å². The molecule has 0 spiro atoms. The van der Waals surface area contributed by atoms with Gasteiger partial charge in [0.2, 0.25) is 0 Å². The Morgan fingerprint density at radius 3 is 2.50 bits per heavy atom. The number of carbonyl (C=O) groups is 1. The molecule has 2 heterocycles. The zero-order valence-electron chi connectivity index (χ0n) is 11.7. The van der Waals surface area contributed by atoms with Gasteiger partial charge in [-0.25, -0.2) is 0 Å². The summed E-state index contributed by atoms with van der Waals surface area (Å²) in [7, 11) is 0. The van der Waals surface area contributed by atoms with Gasteiger partial charge in [0.1, 0.15) is 11.5 Å². The van der Waals surface area contributed by atoms with E-state index in [4.69, 9.17) is 4.42 Å². The molecule has 4 rings (SSSR count). The smallest absolute Gasteiger partial charge is 0.256 e. The second kappa shape index (κ2) is 5.04. The molecule has 22 heavy (non-hydrogen) atoms. The molecule has 2 aromatic carbocycles. The summed E-state index contributed by atoms with van der Waals surface area (Å²) in [6, 6.07) is 21.3. The molecule has 0 radical (unpaired) electrons. The van der Waals surface area contributed by atoms with E-state index in [-0.39, 0.29) is 5.91 Å². The summed E-state index contributed by atoms with van der Waals surface area (Å²) in [5.41, 5.74) is 3.40. The van der Waals surface area contributed by atoms with E-state index in [1.54, 1.807) is 6.08 Å². The maximum atomic E-state index is 12.1. The number of furan rings is 1. The second-order valence-electron chi connectivity index (χ2n) is 5.13. The van der Waals surface area contributed by atoms with Crippen LogP contribution in [0.25, 0.3) is 23.0 Å². The van der Waals surface area contributed by atoms with Crippen molar-refractivity contribution in [2.45, 2.75) is 0 Å². The largest absolute Gasteiger partial charge is 0.457 e. The molecular weight excluding hydrogens is 274 g/mol. The van der Waals surface area contributed by atoms with Gasteiger partial charge in [-0.3, -0.25) is 4.79 Å². The Hall–Kier alpha value is -3.07. The van der Waals surface area contributed by atoms with Crippen LogP contribution in [0.5, 0.6) is 0 Å². The van der Waals surface area contributed by atoms with Gasteiger partial charge in [-0.1, -0.05) is 48.5 Å². The average Bonchev–Trinajstić information content (AvgIpc) is 3.14. The zero-order valence-corrected chi connectivity index (χ0v) is 11.7. The molecular formula is C19H13NO2. The number of carbonyl (C=O) groups excluding carboxylic acids is 1. The van der Waals surface area contributed by atoms with E-state index in [0.29, 0.717) is 11.3 Å². The summed E-state index contributed by atoms with van der Waals surface area (Å²) in [6.45, 7) is 0. The van der Waals surface area contributed by atoms with E-state index in [1.807, 2.05) is 66.7 Å². The summed E-state index contributed by atoms with van der Waals surface area (Å²) in [6.07, 6.45) is 1.79. The molecule has 1 N–H and O–H groups in total. The minimum Gasteiger partial charge on any atom is -0.457 e. The number of benzene rings is 2. The SMILES string of the molecule is O=C1Nc2ccccc2/C1=C\c1ccc(-c2ccccc2)o1. The highest BCUT2D eigenvalue weighted by atomic mass is 16.3. The van der Waals surface area contributed by atoms with Crippen LogP contribution in [-0.4, -0.2) is 5.91 Å². The number of nitrogens with one attached hydrogen (secondary N) is 1. The van der Waals surface area contributed by atoms with Gasteiger partial charge in [0.15, 0.2) is 0 Å². The van der Waals surface area contributed by atoms with Gasteiger partial charge in [0, 0.05) is 16.8 Å². The van der Waals surface area contributed by atoms with E-state index in [1.165, 1.54) is 0 Å². The molecule has 0 unspecified atom stereocenters. The maximum Gasteiger partial charge on any atom is 0.256 e. The van der Waals surface area contributed by atoms with Crippen molar-refractivity contribution in [2.75, 3.05) is 5.32 Å². The highest BCUT2D eigenvalue weighted by Gasteiger charge is 2.23. The van der Waals surface area contributed by atoms with E-state index in [0.717, 1.165) is 22.6 Å². The van der Waals surface area contributed by atoms with Gasteiger partial charge in [-0.2, -0.15) is 0 Å². The first kappa shape index (κ1) is 12.7. The third kappa shape index (κ3) is 2.13. The summed E-state index contributed by atoms with van der Waals surface area (Å²) < 4.78 is 5.84. The summed E-state index contributed by atoms with van der Waals surface area (Å²) in [5.74, 6) is 1.36. The molecule has 1 aliphatic rings. The van der Waals surface area contributed by atoms with Gasteiger partial charge in [0.25, 0.3) is 5.91 Å². The Labute approximate surface area is 127 Å². The molecule has 0 bridgehead atoms. The topological polar surface area (TPSA) is 42.2 Å². The van der Waals surface area contributed by atoms with Crippen LogP contribution in [0.1, 0.15) is 11.3 Å². The Morgan fingerprint density at radius 2 is 1.64 bits per heavy atom. The van der Waals surface area contributed by atoms with Crippen LogP contribution >= 0.6 is 0 Å². The maximum absolute atomic E-state index is 12.1. The standard InChI is InChI=1S/C19H13NO2/c21-19-16(15-8-4-5-9-17(15)20-19)12-14-10-11-18(22-14)13-6-2-1-3-7-13/h1-12H,(H,20,21)/b16-12+. The Balaban J connectivity index is 1.72. The molecule has 1 amide bonds. The molecule has 0 aliphatic carbocycles. The van der Waals surface area contributed by atoms with E-state index in [9.17, 15) is 4.79 Å². The van der Waals surface area contributed by atoms with Crippen LogP contribution in [0.4, 0.5) is 5.69 Å². The third-order valence-electron chi connectivity index (χ3n) is 3.68. The first-order valence-electron chi connectivity index (χ1n) is 7.09. The van der Waals surface area contributed by atoms with Crippen LogP contribution in [0.2, 0.25) is 0 Å². The number of hydrogen-bond donors (Lipinski definition) is 1. The Morgan fingerprint density at radius 1 is 0.864 bits per heavy atom. The van der Waals surface area contributed by atoms with Crippen molar-refractivity contribution in [1.29, 1.82) is 0 Å². The lowest BCUT2D eigenvalue weighted by atomic mass is 10.1. The van der Waals surface area contributed by atoms with Crippen molar-refractivity contribution in [1.82, 2.24) is 0 Å². The molecule has 0 fully saturated rings. The van der Waals surface area contributed by atoms with E-state index < -0.39 is 0 Å². The number of fused-ring (bicyclic) bond motifs is 1. The molecule has 3 nitrogen and oxygen atoms in total. The second-order valence-corrected chi connectivity index (χ2v) is 5.13. The van der Waals surface area contributed by atoms with Crippen molar-refractivity contribution >= 4 is 23.2 Å². The predicted molar refractivity (Wildman–Crippen MR) is 87.1 cm³/mol. The average molecular weight is 287 g/mol. The molecule has 3 heteroatoms. The van der Waals surface area contributed by atoms with Crippen molar-refractivity contribution in [3.63, 3.8) is 0 Å². The highest BCUT2D eigenvalue weighted by molar-refractivity contribution is 6.34. The quantitative estimate of drug-likeness (QED) is 0.708. The lowest BCUT2D eigenvalue weighted by molar-refractivity contribution is -0.110. The molecule has 0 atom stereocenters. The lowest BCUT2D eigenvalue weighted by Gasteiger charge is -1.97. The molecule has 1 aliphatic heterocycles. The molecule has 1 aromatic heterocycles. The van der Waals surface area contributed by atoms with Crippen LogP contribution in [0, 0.1) is 0 Å². The molecule has 0 saturated heterocycles. The molecule has 3 aromatic rings. The van der Waals surface area contributed by atoms with Crippen LogP contribution < -0.4 is 5.32 Å². The van der Waals surface area contributed by atoms with E-state index >= 15 is 0 Å². The zero-order chi connectivity index (χ0) is 14.9. The number of para-hydroxylation sites is 1. The van der Waals surface area contributed by atoms with Gasteiger partial charge in [0.05, 0.1) is 5.57 Å². The number of anilines is 1. The summed E-state index contributed by atoms with van der Waals surface area (Å²) in [4.78, 5) is 12.1. The summed E-state index contributed by atoms with van der Waals surface area (Å²) in [5, 5.41) is 2.86. The number of amides is 1. The highest BCUT2D eigenvalue weighted by Crippen LogP contribution is 2.33. The summed E-state index contributed by atoms with van der Waals surface area (Å²) >= 11 is 0. The predicted octanol–water partition coefficient (Wildman–Crippen LogP) is 4.44. The number of rotatable bonds is 2. The monoisotopic (exact) mass is 287 g/mol. The van der Waals surface area contributed by atoms with Gasteiger partial charge in [-0.15, -0.1) is 0 Å². The first-order valence-corrected chi connectivity index (χ1v) is 7.09. The van der Waals surface area contributed by atoms with Crippen LogP contribution in [0.3, 0.4) is 0 Å². The number of hydrogen-bond acceptors (Lipinski definition) is 2. The van der Waals surface area contributed by atoms with Gasteiger partial charge < -0.3 is 9.73 Å². The fourth-order valence-electron chi connectivity index (χ4n) is 2.61. The fraction of sp³-hybridized carbons (Fsp3) is 0. The third-order valence-corrected chi connectivity index (χ3v) is 3.68. The Bertz CT molecular complexity index is 875. The van der Waals surface area contributed by atoms with E-state index in [2.05, 4.69) is 5.32 Å². The minimum absolute atomic E-state index is 0.0983. The van der Waals surface area contributed by atoms with Crippen LogP contribution in [-0.2, 0) is 4.79 Å². The van der Waals surface area contributed by atoms with Crippen LogP contribution in [0.15, 0.2) is 71.1 Å². The fourth-order valence-corrected chi connectivity index (χ4v) is 2.61. The normalized spacial score (nSPS) is 14.9. The molecule has 0 saturated carbocycles. The molecule has 106 valence electrons. The lowest BCUT2D eigenvalue weighted by Crippen LogP contribution is -2.03. The van der Waals surface area contributed by atoms with Gasteiger partial charge in [-0.05, 0) is 24.3 Å². The Kier molecular flexibility index (Phi) is 2.90. The van der Waals surface area contributed by atoms with Gasteiger partial charge >= 0.3 is 0 Å². The van der Waals surface area contributed by atoms with Crippen molar-refractivity contribution < 1.29 is 9.21 Å². The minimum atomic E-state index is -0.0983. The van der Waals surface area contributed by atoms with Crippen molar-refractivity contribution in [3.8, 4) is 11.3 Å². The van der Waals surface area contributed by atoms with Crippen molar-refractivity contribution in [3.05, 3.63) is 78.1 Å².